The minimum absolute atomic E-state index is 0.00360. The van der Waals surface area contributed by atoms with E-state index in [4.69, 9.17) is 4.74 Å². The Kier molecular flexibility index (Phi) is 6.07. The zero-order chi connectivity index (χ0) is 15.9. The lowest BCUT2D eigenvalue weighted by molar-refractivity contribution is 0.187. The molecule has 1 aromatic rings. The van der Waals surface area contributed by atoms with Crippen LogP contribution in [0.25, 0.3) is 0 Å². The number of aryl methyl sites for hydroxylation is 1. The summed E-state index contributed by atoms with van der Waals surface area (Å²) in [4.78, 5) is 6.74. The van der Waals surface area contributed by atoms with E-state index in [9.17, 15) is 5.11 Å². The molecule has 122 valence electrons. The third-order valence-electron chi connectivity index (χ3n) is 3.65. The number of aliphatic hydroxyl groups excluding tert-OH is 1. The smallest absolute Gasteiger partial charge is 0.194 e. The number of nitrogens with one attached hydrogen (secondary N) is 1. The lowest BCUT2D eigenvalue weighted by Crippen LogP contribution is -2.41. The Morgan fingerprint density at radius 3 is 2.77 bits per heavy atom. The van der Waals surface area contributed by atoms with Gasteiger partial charge in [0.1, 0.15) is 11.9 Å². The largest absolute Gasteiger partial charge is 0.489 e. The van der Waals surface area contributed by atoms with Crippen LogP contribution in [0.15, 0.2) is 29.3 Å². The van der Waals surface area contributed by atoms with E-state index in [0.717, 1.165) is 31.2 Å². The van der Waals surface area contributed by atoms with Gasteiger partial charge in [0, 0.05) is 19.6 Å². The zero-order valence-corrected chi connectivity index (χ0v) is 13.7. The second-order valence-electron chi connectivity index (χ2n) is 5.82. The average molecular weight is 305 g/mol. The van der Waals surface area contributed by atoms with E-state index >= 15 is 0 Å². The molecule has 2 rings (SSSR count). The van der Waals surface area contributed by atoms with Crippen LogP contribution < -0.4 is 10.1 Å². The first-order chi connectivity index (χ1) is 10.6. The molecule has 0 radical (unpaired) electrons. The maximum Gasteiger partial charge on any atom is 0.194 e. The van der Waals surface area contributed by atoms with Gasteiger partial charge in [-0.1, -0.05) is 17.7 Å². The summed E-state index contributed by atoms with van der Waals surface area (Å²) in [6.07, 6.45) is 0.564. The van der Waals surface area contributed by atoms with Crippen molar-refractivity contribution in [2.24, 2.45) is 4.99 Å². The van der Waals surface area contributed by atoms with E-state index in [1.165, 1.54) is 5.56 Å². The van der Waals surface area contributed by atoms with Gasteiger partial charge in [-0.3, -0.25) is 0 Å². The molecule has 0 bridgehead atoms. The number of rotatable bonds is 5. The number of likely N-dealkylation sites (tertiary alicyclic amines) is 1. The summed E-state index contributed by atoms with van der Waals surface area (Å²) >= 11 is 0. The molecule has 1 aromatic carbocycles. The molecule has 2 N–H and O–H groups in total. The summed E-state index contributed by atoms with van der Waals surface area (Å²) in [6.45, 7) is 9.03. The van der Waals surface area contributed by atoms with Crippen LogP contribution in [0.1, 0.15) is 25.8 Å². The minimum atomic E-state index is -0.245. The van der Waals surface area contributed by atoms with Crippen molar-refractivity contribution in [3.05, 3.63) is 29.8 Å². The molecule has 0 amide bonds. The maximum absolute atomic E-state index is 9.66. The number of hydrogen-bond acceptors (Lipinski definition) is 3. The van der Waals surface area contributed by atoms with Crippen molar-refractivity contribution in [3.63, 3.8) is 0 Å². The molecule has 5 nitrogen and oxygen atoms in total. The van der Waals surface area contributed by atoms with Gasteiger partial charge < -0.3 is 20.1 Å². The Balaban J connectivity index is 1.90. The highest BCUT2D eigenvalue weighted by atomic mass is 16.5. The third kappa shape index (κ3) is 4.91. The molecule has 2 atom stereocenters. The molecule has 1 unspecified atom stereocenters. The molecular weight excluding hydrogens is 278 g/mol. The van der Waals surface area contributed by atoms with Gasteiger partial charge in [-0.05, 0) is 39.3 Å². The second-order valence-corrected chi connectivity index (χ2v) is 5.82. The molecule has 0 aliphatic carbocycles. The summed E-state index contributed by atoms with van der Waals surface area (Å²) < 4.78 is 5.88. The van der Waals surface area contributed by atoms with E-state index in [0.29, 0.717) is 13.1 Å². The van der Waals surface area contributed by atoms with Crippen LogP contribution in [0, 0.1) is 6.92 Å². The fraction of sp³-hybridized carbons (Fsp3) is 0.588. The van der Waals surface area contributed by atoms with Crippen LogP contribution >= 0.6 is 0 Å². The topological polar surface area (TPSA) is 57.1 Å². The molecule has 5 heteroatoms. The highest BCUT2D eigenvalue weighted by Gasteiger charge is 2.22. The first kappa shape index (κ1) is 16.6. The monoisotopic (exact) mass is 305 g/mol. The van der Waals surface area contributed by atoms with Crippen molar-refractivity contribution >= 4 is 5.96 Å². The van der Waals surface area contributed by atoms with Gasteiger partial charge in [0.2, 0.25) is 0 Å². The lowest BCUT2D eigenvalue weighted by Gasteiger charge is -2.22. The van der Waals surface area contributed by atoms with E-state index in [1.54, 1.807) is 0 Å². The third-order valence-corrected chi connectivity index (χ3v) is 3.65. The summed E-state index contributed by atoms with van der Waals surface area (Å²) in [5, 5.41) is 12.9. The minimum Gasteiger partial charge on any atom is -0.489 e. The molecule has 1 saturated heterocycles. The fourth-order valence-corrected chi connectivity index (χ4v) is 2.46. The van der Waals surface area contributed by atoms with Crippen LogP contribution in [0.4, 0.5) is 0 Å². The van der Waals surface area contributed by atoms with Crippen molar-refractivity contribution in [1.82, 2.24) is 10.2 Å². The number of aliphatic imine (C=N–C) groups is 1. The first-order valence-corrected chi connectivity index (χ1v) is 8.03. The van der Waals surface area contributed by atoms with Crippen LogP contribution in [0.5, 0.6) is 5.75 Å². The van der Waals surface area contributed by atoms with Crippen molar-refractivity contribution in [3.8, 4) is 5.75 Å². The highest BCUT2D eigenvalue weighted by Crippen LogP contribution is 2.14. The van der Waals surface area contributed by atoms with E-state index in [2.05, 4.69) is 22.1 Å². The predicted molar refractivity (Wildman–Crippen MR) is 89.4 cm³/mol. The normalized spacial score (nSPS) is 20.1. The number of ether oxygens (including phenoxy) is 1. The van der Waals surface area contributed by atoms with Gasteiger partial charge in [-0.2, -0.15) is 0 Å². The molecule has 0 spiro atoms. The highest BCUT2D eigenvalue weighted by molar-refractivity contribution is 5.80. The summed E-state index contributed by atoms with van der Waals surface area (Å²) in [6, 6.07) is 8.05. The van der Waals surface area contributed by atoms with Gasteiger partial charge in [0.25, 0.3) is 0 Å². The number of hydrogen-bond donors (Lipinski definition) is 2. The van der Waals surface area contributed by atoms with Crippen LogP contribution in [0.2, 0.25) is 0 Å². The molecule has 22 heavy (non-hydrogen) atoms. The van der Waals surface area contributed by atoms with Gasteiger partial charge >= 0.3 is 0 Å². The van der Waals surface area contributed by atoms with Crippen LogP contribution in [-0.4, -0.2) is 54.4 Å². The Morgan fingerprint density at radius 1 is 1.45 bits per heavy atom. The van der Waals surface area contributed by atoms with Crippen molar-refractivity contribution in [2.45, 2.75) is 39.4 Å². The Labute approximate surface area is 133 Å². The first-order valence-electron chi connectivity index (χ1n) is 8.03. The second kappa shape index (κ2) is 8.03. The predicted octanol–water partition coefficient (Wildman–Crippen LogP) is 1.79. The van der Waals surface area contributed by atoms with Crippen LogP contribution in [-0.2, 0) is 0 Å². The Morgan fingerprint density at radius 2 is 2.18 bits per heavy atom. The summed E-state index contributed by atoms with van der Waals surface area (Å²) in [5.41, 5.74) is 1.22. The summed E-state index contributed by atoms with van der Waals surface area (Å²) in [5.74, 6) is 1.73. The number of β-amino-alcohol motifs (C(OH)–C–C–N with tert-alkyl or cyclic N) is 1. The molecular formula is C17H27N3O2. The van der Waals surface area contributed by atoms with Crippen LogP contribution in [0.3, 0.4) is 0 Å². The Bertz CT molecular complexity index is 487. The van der Waals surface area contributed by atoms with E-state index < -0.39 is 0 Å². The molecule has 1 aliphatic rings. The lowest BCUT2D eigenvalue weighted by atomic mass is 10.2. The molecule has 1 fully saturated rings. The van der Waals surface area contributed by atoms with E-state index in [1.807, 2.05) is 38.1 Å². The SMILES string of the molecule is CCNC(=NCC(C)Oc1ccc(C)cc1)N1CC[C@@H](O)C1. The number of nitrogens with zero attached hydrogens (tertiary/aromatic N) is 2. The standard InChI is InChI=1S/C17H27N3O2/c1-4-18-17(20-10-9-15(21)12-20)19-11-14(3)22-16-7-5-13(2)6-8-16/h5-8,14-15,21H,4,9-12H2,1-3H3,(H,18,19)/t14?,15-/m1/s1. The van der Waals surface area contributed by atoms with Crippen molar-refractivity contribution in [2.75, 3.05) is 26.2 Å². The van der Waals surface area contributed by atoms with Gasteiger partial charge in [0.15, 0.2) is 5.96 Å². The van der Waals surface area contributed by atoms with Gasteiger partial charge in [0.05, 0.1) is 12.6 Å². The quantitative estimate of drug-likeness (QED) is 0.643. The summed E-state index contributed by atoms with van der Waals surface area (Å²) in [7, 11) is 0. The molecule has 0 saturated carbocycles. The van der Waals surface area contributed by atoms with Gasteiger partial charge in [-0.15, -0.1) is 0 Å². The van der Waals surface area contributed by atoms with Crippen molar-refractivity contribution in [1.29, 1.82) is 0 Å². The fourth-order valence-electron chi connectivity index (χ4n) is 2.46. The number of guanidine groups is 1. The van der Waals surface area contributed by atoms with Gasteiger partial charge in [-0.25, -0.2) is 4.99 Å². The van der Waals surface area contributed by atoms with Crippen molar-refractivity contribution < 1.29 is 9.84 Å². The molecule has 1 heterocycles. The maximum atomic E-state index is 9.66. The Hall–Kier alpha value is -1.75. The van der Waals surface area contributed by atoms with E-state index in [-0.39, 0.29) is 12.2 Å². The number of aliphatic hydroxyl groups is 1. The average Bonchev–Trinajstić information content (AvgIpc) is 2.92. The zero-order valence-electron chi connectivity index (χ0n) is 13.7. The molecule has 1 aliphatic heterocycles. The molecule has 0 aromatic heterocycles. The number of benzene rings is 1.